The minimum Gasteiger partial charge on any atom is -0.459 e. The summed E-state index contributed by atoms with van der Waals surface area (Å²) in [6, 6.07) is 6.57. The molecule has 0 spiro atoms. The molecule has 0 saturated heterocycles. The molecule has 7 nitrogen and oxygen atoms in total. The fourth-order valence-corrected chi connectivity index (χ4v) is 4.60. The Kier molecular flexibility index (Phi) is 7.26. The number of hydrogen-bond donors (Lipinski definition) is 1. The van der Waals surface area contributed by atoms with E-state index in [9.17, 15) is 13.2 Å². The summed E-state index contributed by atoms with van der Waals surface area (Å²) in [5.74, 6) is -0.198. The lowest BCUT2D eigenvalue weighted by Crippen LogP contribution is -2.31. The van der Waals surface area contributed by atoms with Gasteiger partial charge in [-0.1, -0.05) is 13.8 Å². The average molecular weight is 408 g/mol. The first-order valence-electron chi connectivity index (χ1n) is 9.54. The minimum atomic E-state index is -3.64. The van der Waals surface area contributed by atoms with Crippen molar-refractivity contribution in [2.24, 2.45) is 0 Å². The van der Waals surface area contributed by atoms with E-state index in [1.807, 2.05) is 13.8 Å². The Labute approximate surface area is 167 Å². The molecule has 0 aliphatic carbocycles. The third kappa shape index (κ3) is 4.39. The molecular weight excluding hydrogens is 378 g/mol. The number of carbonyl (C=O) groups is 1. The van der Waals surface area contributed by atoms with Gasteiger partial charge < -0.3 is 14.6 Å². The lowest BCUT2D eigenvalue weighted by molar-refractivity contribution is 0.0996. The van der Waals surface area contributed by atoms with Crippen LogP contribution in [0.3, 0.4) is 0 Å². The Morgan fingerprint density at radius 2 is 1.68 bits per heavy atom. The molecular formula is C20H29N3O4S. The number of nitrogens with zero attached hydrogens (tertiary/aromatic N) is 2. The van der Waals surface area contributed by atoms with Gasteiger partial charge in [0.15, 0.2) is 5.76 Å². The summed E-state index contributed by atoms with van der Waals surface area (Å²) in [6.45, 7) is 11.6. The number of hydrogen-bond acceptors (Lipinski definition) is 5. The predicted octanol–water partition coefficient (Wildman–Crippen LogP) is 3.72. The number of aryl methyl sites for hydroxylation is 1. The smallest absolute Gasteiger partial charge is 0.291 e. The van der Waals surface area contributed by atoms with Gasteiger partial charge in [-0.3, -0.25) is 4.79 Å². The van der Waals surface area contributed by atoms with E-state index in [0.29, 0.717) is 24.3 Å². The molecule has 2 aromatic rings. The van der Waals surface area contributed by atoms with Crippen molar-refractivity contribution in [3.05, 3.63) is 41.9 Å². The quantitative estimate of drug-likeness (QED) is 0.685. The zero-order valence-corrected chi connectivity index (χ0v) is 18.0. The highest BCUT2D eigenvalue weighted by Gasteiger charge is 2.24. The summed E-state index contributed by atoms with van der Waals surface area (Å²) in [7, 11) is -3.64. The maximum Gasteiger partial charge on any atom is 0.291 e. The van der Waals surface area contributed by atoms with Gasteiger partial charge >= 0.3 is 0 Å². The van der Waals surface area contributed by atoms with E-state index in [2.05, 4.69) is 10.2 Å². The lowest BCUT2D eigenvalue weighted by Gasteiger charge is -2.25. The van der Waals surface area contributed by atoms with Crippen LogP contribution in [0.4, 0.5) is 11.4 Å². The monoisotopic (exact) mass is 407 g/mol. The van der Waals surface area contributed by atoms with Crippen LogP contribution in [0.15, 0.2) is 39.8 Å². The highest BCUT2D eigenvalue weighted by atomic mass is 32.2. The summed E-state index contributed by atoms with van der Waals surface area (Å²) in [5, 5.41) is 2.83. The Hall–Kier alpha value is -2.32. The van der Waals surface area contributed by atoms with E-state index < -0.39 is 15.9 Å². The second kappa shape index (κ2) is 9.25. The number of rotatable bonds is 9. The minimum absolute atomic E-state index is 0.151. The molecule has 0 fully saturated rings. The molecule has 28 heavy (non-hydrogen) atoms. The summed E-state index contributed by atoms with van der Waals surface area (Å²) in [5.41, 5.74) is 1.92. The highest BCUT2D eigenvalue weighted by Crippen LogP contribution is 2.31. The number of furan rings is 1. The molecule has 1 heterocycles. The average Bonchev–Trinajstić information content (AvgIpc) is 3.10. The lowest BCUT2D eigenvalue weighted by atomic mass is 10.2. The van der Waals surface area contributed by atoms with Gasteiger partial charge in [-0.15, -0.1) is 0 Å². The van der Waals surface area contributed by atoms with Crippen LogP contribution in [0, 0.1) is 6.92 Å². The van der Waals surface area contributed by atoms with Crippen molar-refractivity contribution in [2.75, 3.05) is 36.4 Å². The van der Waals surface area contributed by atoms with Crippen LogP contribution in [0.5, 0.6) is 0 Å². The van der Waals surface area contributed by atoms with Gasteiger partial charge in [0.25, 0.3) is 5.91 Å². The van der Waals surface area contributed by atoms with Crippen LogP contribution >= 0.6 is 0 Å². The molecule has 1 N–H and O–H groups in total. The highest BCUT2D eigenvalue weighted by molar-refractivity contribution is 7.89. The van der Waals surface area contributed by atoms with Gasteiger partial charge in [-0.05, 0) is 45.0 Å². The van der Waals surface area contributed by atoms with Crippen molar-refractivity contribution in [3.8, 4) is 0 Å². The van der Waals surface area contributed by atoms with Gasteiger partial charge in [0.05, 0.1) is 22.5 Å². The normalized spacial score (nSPS) is 11.6. The SMILES string of the molecule is CCN(CC)c1ccc(S(=O)(=O)N(CC)CC)cc1NC(=O)c1occc1C. The Bertz CT molecular complexity index is 913. The maximum absolute atomic E-state index is 12.9. The van der Waals surface area contributed by atoms with E-state index in [-0.39, 0.29) is 10.7 Å². The molecule has 154 valence electrons. The van der Waals surface area contributed by atoms with Gasteiger partial charge in [-0.2, -0.15) is 4.31 Å². The van der Waals surface area contributed by atoms with Crippen LogP contribution in [-0.2, 0) is 10.0 Å². The molecule has 0 aliphatic rings. The number of amides is 1. The zero-order valence-electron chi connectivity index (χ0n) is 17.2. The molecule has 0 bridgehead atoms. The van der Waals surface area contributed by atoms with Crippen molar-refractivity contribution in [1.82, 2.24) is 4.31 Å². The number of benzene rings is 1. The fourth-order valence-electron chi connectivity index (χ4n) is 3.11. The summed E-state index contributed by atoms with van der Waals surface area (Å²) in [4.78, 5) is 14.9. The largest absolute Gasteiger partial charge is 0.459 e. The molecule has 0 radical (unpaired) electrons. The van der Waals surface area contributed by atoms with Crippen molar-refractivity contribution in [3.63, 3.8) is 0 Å². The second-order valence-electron chi connectivity index (χ2n) is 6.33. The van der Waals surface area contributed by atoms with Gasteiger partial charge in [0, 0.05) is 31.7 Å². The van der Waals surface area contributed by atoms with Crippen LogP contribution < -0.4 is 10.2 Å². The third-order valence-electron chi connectivity index (χ3n) is 4.73. The summed E-state index contributed by atoms with van der Waals surface area (Å²) in [6.07, 6.45) is 1.46. The summed E-state index contributed by atoms with van der Waals surface area (Å²) >= 11 is 0. The number of carbonyl (C=O) groups excluding carboxylic acids is 1. The maximum atomic E-state index is 12.9. The topological polar surface area (TPSA) is 82.9 Å². The molecule has 8 heteroatoms. The van der Waals surface area contributed by atoms with Gasteiger partial charge in [0.1, 0.15) is 0 Å². The Morgan fingerprint density at radius 1 is 1.04 bits per heavy atom. The molecule has 0 atom stereocenters. The van der Waals surface area contributed by atoms with E-state index in [1.165, 1.54) is 16.6 Å². The molecule has 2 rings (SSSR count). The Morgan fingerprint density at radius 3 is 2.18 bits per heavy atom. The third-order valence-corrected chi connectivity index (χ3v) is 6.78. The number of nitrogens with one attached hydrogen (secondary N) is 1. The zero-order chi connectivity index (χ0) is 20.9. The predicted molar refractivity (Wildman–Crippen MR) is 112 cm³/mol. The van der Waals surface area contributed by atoms with Crippen molar-refractivity contribution >= 4 is 27.3 Å². The molecule has 0 aliphatic heterocycles. The standard InChI is InChI=1S/C20H29N3O4S/c1-6-22(7-2)18-11-10-16(28(25,26)23(8-3)9-4)14-17(18)21-20(24)19-15(5)12-13-27-19/h10-14H,6-9H2,1-5H3,(H,21,24). The summed E-state index contributed by atoms with van der Waals surface area (Å²) < 4.78 is 32.5. The number of anilines is 2. The molecule has 1 amide bonds. The van der Waals surface area contributed by atoms with E-state index >= 15 is 0 Å². The van der Waals surface area contributed by atoms with Gasteiger partial charge in [-0.25, -0.2) is 8.42 Å². The van der Waals surface area contributed by atoms with Crippen LogP contribution in [0.25, 0.3) is 0 Å². The molecule has 1 aromatic carbocycles. The fraction of sp³-hybridized carbons (Fsp3) is 0.450. The van der Waals surface area contributed by atoms with E-state index in [4.69, 9.17) is 4.42 Å². The molecule has 1 aromatic heterocycles. The first-order valence-corrected chi connectivity index (χ1v) is 11.0. The first-order chi connectivity index (χ1) is 13.3. The molecule has 0 saturated carbocycles. The van der Waals surface area contributed by atoms with Gasteiger partial charge in [0.2, 0.25) is 10.0 Å². The Balaban J connectivity index is 2.52. The van der Waals surface area contributed by atoms with Crippen molar-refractivity contribution in [2.45, 2.75) is 39.5 Å². The second-order valence-corrected chi connectivity index (χ2v) is 8.27. The van der Waals surface area contributed by atoms with Crippen LogP contribution in [0.1, 0.15) is 43.8 Å². The van der Waals surface area contributed by atoms with E-state index in [0.717, 1.165) is 18.8 Å². The van der Waals surface area contributed by atoms with E-state index in [1.54, 1.807) is 39.0 Å². The van der Waals surface area contributed by atoms with Crippen molar-refractivity contribution in [1.29, 1.82) is 0 Å². The van der Waals surface area contributed by atoms with Crippen LogP contribution in [-0.4, -0.2) is 44.8 Å². The number of sulfonamides is 1. The first kappa shape index (κ1) is 22.0. The van der Waals surface area contributed by atoms with Crippen molar-refractivity contribution < 1.29 is 17.6 Å². The van der Waals surface area contributed by atoms with Crippen LogP contribution in [0.2, 0.25) is 0 Å². The molecule has 0 unspecified atom stereocenters.